The van der Waals surface area contributed by atoms with Gasteiger partial charge in [-0.25, -0.2) is 4.79 Å². The van der Waals surface area contributed by atoms with Crippen molar-refractivity contribution < 1.29 is 61.7 Å². The normalized spacial score (nSPS) is 16.7. The van der Waals surface area contributed by atoms with Crippen molar-refractivity contribution in [1.29, 1.82) is 0 Å². The van der Waals surface area contributed by atoms with Crippen LogP contribution in [0.3, 0.4) is 0 Å². The van der Waals surface area contributed by atoms with Gasteiger partial charge in [-0.3, -0.25) is 4.79 Å². The maximum absolute atomic E-state index is 12.8. The Morgan fingerprint density at radius 3 is 1.12 bits per heavy atom. The van der Waals surface area contributed by atoms with Crippen LogP contribution in [0.15, 0.2) is 194 Å². The van der Waals surface area contributed by atoms with E-state index in [1.165, 1.54) is 43.8 Å². The van der Waals surface area contributed by atoms with Crippen molar-refractivity contribution in [3.63, 3.8) is 0 Å². The van der Waals surface area contributed by atoms with Gasteiger partial charge in [0.05, 0.1) is 45.2 Å². The number of allylic oxidation sites excluding steroid dienone is 1. The molecule has 9 aromatic rings. The van der Waals surface area contributed by atoms with E-state index in [9.17, 15) is 9.59 Å². The van der Waals surface area contributed by atoms with E-state index < -0.39 is 5.97 Å². The van der Waals surface area contributed by atoms with Crippen LogP contribution >= 0.6 is 0 Å². The fourth-order valence-corrected chi connectivity index (χ4v) is 9.69. The molecule has 90 heavy (non-hydrogen) atoms. The second-order valence-corrected chi connectivity index (χ2v) is 22.8. The highest BCUT2D eigenvalue weighted by Gasteiger charge is 2.25. The Balaban J connectivity index is 0.000000141. The van der Waals surface area contributed by atoms with E-state index in [1.807, 2.05) is 48.5 Å². The van der Waals surface area contributed by atoms with Gasteiger partial charge < -0.3 is 52.1 Å². The number of carbonyl (C=O) groups is 2. The average molecular weight is 1210 g/mol. The summed E-state index contributed by atoms with van der Waals surface area (Å²) in [4.78, 5) is 25.3. The average Bonchev–Trinajstić information content (AvgIpc) is 2.79. The van der Waals surface area contributed by atoms with E-state index in [0.717, 1.165) is 105 Å². The summed E-state index contributed by atoms with van der Waals surface area (Å²) < 4.78 is 60.5. The van der Waals surface area contributed by atoms with Crippen LogP contribution in [-0.2, 0) is 18.9 Å². The minimum atomic E-state index is -0.462. The van der Waals surface area contributed by atoms with Gasteiger partial charge in [0.1, 0.15) is 91.1 Å². The van der Waals surface area contributed by atoms with Crippen LogP contribution < -0.4 is 33.2 Å². The summed E-state index contributed by atoms with van der Waals surface area (Å²) in [5.41, 5.74) is 7.48. The number of hydrogen-bond acceptors (Lipinski definition) is 13. The fraction of sp³-hybridized carbons (Fsp3) is 0.299. The molecule has 4 heterocycles. The van der Waals surface area contributed by atoms with Crippen molar-refractivity contribution in [2.75, 3.05) is 66.1 Å². The van der Waals surface area contributed by atoms with Gasteiger partial charge in [0, 0.05) is 11.1 Å². The van der Waals surface area contributed by atoms with Crippen LogP contribution in [0.4, 0.5) is 0 Å². The maximum Gasteiger partial charge on any atom is 0.343 e. The van der Waals surface area contributed by atoms with Crippen molar-refractivity contribution in [1.82, 2.24) is 0 Å². The van der Waals surface area contributed by atoms with Crippen LogP contribution in [0.1, 0.15) is 96.7 Å². The molecule has 4 atom stereocenters. The molecule has 4 unspecified atom stereocenters. The number of hydrogen-bond donors (Lipinski definition) is 0. The monoisotopic (exact) mass is 1210 g/mol. The standard InChI is InChI=1S/C30H34O5.C26H22O4.C21H22O4/c1-3-5-7-21-33-26-15-9-23(10-16-26)29(31)24-11-19-28(20-12-24)35-30(32)25-13-17-27(18-14-25)34-22-8-6-4-2;1-3-21-11-23(27-13-25-15-29-25)7-5-19(21)9-17(1)18-2-4-22-12-24(8-6-20(22)10-18)28-14-26-16-30-26;1-15(17-4-8-19(9-5-17)23-12-21-14-25-21)10-16-2-6-18(7-3-16)22-11-20-13-24-20/h9-20H,3-8,21-22H2,1-2H3;1-12,25-26H,13-16H2;2-10,20-21H,11-14H2,1H3. The van der Waals surface area contributed by atoms with E-state index in [1.54, 1.807) is 60.7 Å². The molecule has 4 saturated heterocycles. The Hall–Kier alpha value is -8.98. The largest absolute Gasteiger partial charge is 0.494 e. The molecule has 0 aromatic heterocycles. The fourth-order valence-electron chi connectivity index (χ4n) is 9.69. The van der Waals surface area contributed by atoms with Crippen LogP contribution in [0.5, 0.6) is 40.2 Å². The Bertz CT molecular complexity index is 3690. The number of unbranched alkanes of at least 4 members (excludes halogenated alkanes) is 4. The topological polar surface area (TPSA) is 149 Å². The highest BCUT2D eigenvalue weighted by atomic mass is 16.6. The van der Waals surface area contributed by atoms with Crippen LogP contribution in [0, 0.1) is 0 Å². The Kier molecular flexibility index (Phi) is 21.9. The molecule has 9 aromatic carbocycles. The summed E-state index contributed by atoms with van der Waals surface area (Å²) >= 11 is 0. The van der Waals surface area contributed by atoms with Gasteiger partial charge >= 0.3 is 5.97 Å². The van der Waals surface area contributed by atoms with Crippen molar-refractivity contribution >= 4 is 44.9 Å². The Labute approximate surface area is 527 Å². The maximum atomic E-state index is 12.8. The van der Waals surface area contributed by atoms with Gasteiger partial charge in [-0.15, -0.1) is 0 Å². The van der Waals surface area contributed by atoms with Gasteiger partial charge in [-0.1, -0.05) is 106 Å². The van der Waals surface area contributed by atoms with Crippen LogP contribution in [0.2, 0.25) is 0 Å². The van der Waals surface area contributed by atoms with Crippen LogP contribution in [-0.4, -0.2) is 102 Å². The number of ketones is 1. The zero-order valence-corrected chi connectivity index (χ0v) is 51.5. The first-order chi connectivity index (χ1) is 44.2. The van der Waals surface area contributed by atoms with Gasteiger partial charge in [0.15, 0.2) is 5.78 Å². The van der Waals surface area contributed by atoms with Gasteiger partial charge in [0.2, 0.25) is 0 Å². The first-order valence-electron chi connectivity index (χ1n) is 31.4. The summed E-state index contributed by atoms with van der Waals surface area (Å²) in [6.45, 7) is 13.5. The van der Waals surface area contributed by atoms with E-state index in [4.69, 9.17) is 52.1 Å². The molecule has 4 fully saturated rings. The molecule has 4 aliphatic rings. The summed E-state index contributed by atoms with van der Waals surface area (Å²) in [6, 6.07) is 62.6. The molecule has 0 N–H and O–H groups in total. The van der Waals surface area contributed by atoms with Crippen molar-refractivity contribution in [2.24, 2.45) is 0 Å². The summed E-state index contributed by atoms with van der Waals surface area (Å²) in [5, 5.41) is 4.76. The van der Waals surface area contributed by atoms with E-state index in [2.05, 4.69) is 112 Å². The zero-order valence-electron chi connectivity index (χ0n) is 51.5. The van der Waals surface area contributed by atoms with E-state index in [0.29, 0.717) is 62.1 Å². The second-order valence-electron chi connectivity index (χ2n) is 22.8. The predicted octanol–water partition coefficient (Wildman–Crippen LogP) is 16.3. The number of carbonyl (C=O) groups excluding carboxylic acids is 2. The molecular formula is C77H78O13. The zero-order chi connectivity index (χ0) is 61.9. The highest BCUT2D eigenvalue weighted by Crippen LogP contribution is 2.32. The molecule has 0 radical (unpaired) electrons. The quantitative estimate of drug-likeness (QED) is 0.0109. The lowest BCUT2D eigenvalue weighted by Gasteiger charge is -2.09. The molecule has 0 amide bonds. The van der Waals surface area contributed by atoms with Crippen molar-refractivity contribution in [3.8, 4) is 51.4 Å². The molecule has 13 nitrogen and oxygen atoms in total. The highest BCUT2D eigenvalue weighted by molar-refractivity contribution is 6.09. The Morgan fingerprint density at radius 1 is 0.378 bits per heavy atom. The molecule has 464 valence electrons. The third-order valence-corrected chi connectivity index (χ3v) is 15.4. The number of rotatable bonds is 29. The summed E-state index contributed by atoms with van der Waals surface area (Å²) in [5.74, 6) is 4.85. The first kappa shape index (κ1) is 62.6. The third kappa shape index (κ3) is 19.5. The molecule has 4 aliphatic heterocycles. The number of fused-ring (bicyclic) bond motifs is 2. The molecule has 0 saturated carbocycles. The molecule has 0 spiro atoms. The number of esters is 1. The molecular weight excluding hydrogens is 1130 g/mol. The van der Waals surface area contributed by atoms with Crippen molar-refractivity contribution in [3.05, 3.63) is 222 Å². The molecule has 0 bridgehead atoms. The lowest BCUT2D eigenvalue weighted by Crippen LogP contribution is -2.09. The second kappa shape index (κ2) is 31.5. The minimum Gasteiger partial charge on any atom is -0.494 e. The van der Waals surface area contributed by atoms with Gasteiger partial charge in [-0.2, -0.15) is 0 Å². The lowest BCUT2D eigenvalue weighted by atomic mass is 9.98. The first-order valence-corrected chi connectivity index (χ1v) is 31.4. The SMILES string of the molecule is CC(=Cc1ccc(OCC2CO2)cc1)c1ccc(OCC2CO2)cc1.CCCCCOc1ccc(C(=O)Oc2ccc(C(=O)c3ccc(OCCCCC)cc3)cc2)cc1.c1cc2cc(-c3ccc4cc(OCC5CO5)ccc4c3)ccc2cc1OCC1CO1. The summed E-state index contributed by atoms with van der Waals surface area (Å²) in [7, 11) is 0. The predicted molar refractivity (Wildman–Crippen MR) is 352 cm³/mol. The van der Waals surface area contributed by atoms with E-state index >= 15 is 0 Å². The van der Waals surface area contributed by atoms with Gasteiger partial charge in [0.25, 0.3) is 0 Å². The lowest BCUT2D eigenvalue weighted by molar-refractivity contribution is 0.0734. The molecule has 13 heteroatoms. The molecule has 0 aliphatic carbocycles. The molecule has 13 rings (SSSR count). The van der Waals surface area contributed by atoms with Crippen molar-refractivity contribution in [2.45, 2.75) is 83.7 Å². The Morgan fingerprint density at radius 2 is 0.711 bits per heavy atom. The van der Waals surface area contributed by atoms with Crippen LogP contribution in [0.25, 0.3) is 44.3 Å². The van der Waals surface area contributed by atoms with Gasteiger partial charge in [-0.05, 0) is 203 Å². The smallest absolute Gasteiger partial charge is 0.343 e. The summed E-state index contributed by atoms with van der Waals surface area (Å²) in [6.07, 6.45) is 9.87. The van der Waals surface area contributed by atoms with E-state index in [-0.39, 0.29) is 30.2 Å². The number of ether oxygens (including phenoxy) is 11. The number of benzene rings is 9. The number of epoxide rings is 4. The minimum absolute atomic E-state index is 0.102. The third-order valence-electron chi connectivity index (χ3n) is 15.4.